The lowest BCUT2D eigenvalue weighted by Gasteiger charge is -2.10. The summed E-state index contributed by atoms with van der Waals surface area (Å²) in [4.78, 5) is 13.3. The number of carbonyl (C=O) groups excluding carboxylic acids is 1. The molecule has 0 amide bonds. The van der Waals surface area contributed by atoms with Gasteiger partial charge in [-0.05, 0) is 50.2 Å². The standard InChI is InChI=1S/C21H22N2O6S2/c1-14-19(15(2)29-23-14)13-30-20-6-4-3-5-18(20)21(24)28-12-11-27-16-7-9-17(10-8-16)31(22,25)26/h3-10H,11-13H2,1-2H3,(H2,22,25,26). The molecule has 1 heterocycles. The monoisotopic (exact) mass is 462 g/mol. The highest BCUT2D eigenvalue weighted by Crippen LogP contribution is 2.29. The van der Waals surface area contributed by atoms with Crippen LogP contribution in [0, 0.1) is 13.8 Å². The SMILES string of the molecule is Cc1noc(C)c1CSc1ccccc1C(=O)OCCOc1ccc(S(N)(=O)=O)cc1. The fourth-order valence-electron chi connectivity index (χ4n) is 2.72. The lowest BCUT2D eigenvalue weighted by molar-refractivity contribution is 0.0446. The Morgan fingerprint density at radius 2 is 1.81 bits per heavy atom. The number of nitrogens with zero attached hydrogens (tertiary/aromatic N) is 1. The van der Waals surface area contributed by atoms with Gasteiger partial charge >= 0.3 is 5.97 Å². The highest BCUT2D eigenvalue weighted by molar-refractivity contribution is 7.98. The Kier molecular flexibility index (Phi) is 7.37. The van der Waals surface area contributed by atoms with E-state index >= 15 is 0 Å². The van der Waals surface area contributed by atoms with Crippen LogP contribution in [-0.4, -0.2) is 32.8 Å². The summed E-state index contributed by atoms with van der Waals surface area (Å²) < 4.78 is 38.5. The number of aryl methyl sites for hydroxylation is 2. The highest BCUT2D eigenvalue weighted by atomic mass is 32.2. The molecule has 3 rings (SSSR count). The molecule has 0 spiro atoms. The molecule has 0 unspecified atom stereocenters. The van der Waals surface area contributed by atoms with Crippen LogP contribution < -0.4 is 9.88 Å². The van der Waals surface area contributed by atoms with Crippen LogP contribution >= 0.6 is 11.8 Å². The quantitative estimate of drug-likeness (QED) is 0.291. The Morgan fingerprint density at radius 1 is 1.10 bits per heavy atom. The number of ether oxygens (including phenoxy) is 2. The van der Waals surface area contributed by atoms with Gasteiger partial charge < -0.3 is 14.0 Å². The molecule has 0 fully saturated rings. The predicted molar refractivity (Wildman–Crippen MR) is 116 cm³/mol. The van der Waals surface area contributed by atoms with Crippen molar-refractivity contribution in [3.05, 3.63) is 71.1 Å². The minimum Gasteiger partial charge on any atom is -0.490 e. The summed E-state index contributed by atoms with van der Waals surface area (Å²) in [5.74, 6) is 1.39. The maximum Gasteiger partial charge on any atom is 0.339 e. The summed E-state index contributed by atoms with van der Waals surface area (Å²) in [6, 6.07) is 12.9. The molecular formula is C21H22N2O6S2. The van der Waals surface area contributed by atoms with Gasteiger partial charge in [-0.25, -0.2) is 18.4 Å². The summed E-state index contributed by atoms with van der Waals surface area (Å²) in [7, 11) is -3.75. The summed E-state index contributed by atoms with van der Waals surface area (Å²) >= 11 is 1.51. The minimum absolute atomic E-state index is 0.00280. The number of nitrogens with two attached hydrogens (primary N) is 1. The van der Waals surface area contributed by atoms with Crippen molar-refractivity contribution in [1.82, 2.24) is 5.16 Å². The molecule has 8 nitrogen and oxygen atoms in total. The van der Waals surface area contributed by atoms with E-state index in [9.17, 15) is 13.2 Å². The van der Waals surface area contributed by atoms with Crippen molar-refractivity contribution in [2.75, 3.05) is 13.2 Å². The number of sulfonamides is 1. The Balaban J connectivity index is 1.53. The molecule has 3 aromatic rings. The Hall–Kier alpha value is -2.82. The molecule has 0 aliphatic rings. The first-order valence-electron chi connectivity index (χ1n) is 9.32. The molecule has 0 saturated heterocycles. The molecule has 0 saturated carbocycles. The van der Waals surface area contributed by atoms with Gasteiger partial charge in [0.1, 0.15) is 24.7 Å². The zero-order chi connectivity index (χ0) is 22.4. The largest absolute Gasteiger partial charge is 0.490 e. The van der Waals surface area contributed by atoms with E-state index in [1.807, 2.05) is 26.0 Å². The third-order valence-electron chi connectivity index (χ3n) is 4.40. The van der Waals surface area contributed by atoms with Gasteiger partial charge in [-0.15, -0.1) is 11.8 Å². The first-order valence-corrected chi connectivity index (χ1v) is 11.9. The minimum atomic E-state index is -3.75. The third-order valence-corrected chi connectivity index (χ3v) is 6.43. The number of benzene rings is 2. The molecule has 0 atom stereocenters. The van der Waals surface area contributed by atoms with Crippen LogP contribution in [0.4, 0.5) is 0 Å². The van der Waals surface area contributed by atoms with Crippen LogP contribution in [0.25, 0.3) is 0 Å². The lowest BCUT2D eigenvalue weighted by atomic mass is 10.2. The molecule has 2 aromatic carbocycles. The average molecular weight is 463 g/mol. The second kappa shape index (κ2) is 9.99. The fraction of sp³-hybridized carbons (Fsp3) is 0.238. The number of rotatable bonds is 9. The number of hydrogen-bond acceptors (Lipinski definition) is 8. The second-order valence-corrected chi connectivity index (χ2v) is 9.17. The molecule has 0 aliphatic heterocycles. The third kappa shape index (κ3) is 6.09. The van der Waals surface area contributed by atoms with E-state index in [0.29, 0.717) is 17.1 Å². The first kappa shape index (κ1) is 22.9. The molecule has 164 valence electrons. The Labute approximate surface area is 184 Å². The van der Waals surface area contributed by atoms with Crippen molar-refractivity contribution >= 4 is 27.8 Å². The van der Waals surface area contributed by atoms with E-state index in [1.54, 1.807) is 12.1 Å². The molecule has 0 aliphatic carbocycles. The summed E-state index contributed by atoms with van der Waals surface area (Å²) in [6.07, 6.45) is 0. The summed E-state index contributed by atoms with van der Waals surface area (Å²) in [5.41, 5.74) is 2.31. The molecule has 31 heavy (non-hydrogen) atoms. The molecule has 0 radical (unpaired) electrons. The van der Waals surface area contributed by atoms with E-state index in [-0.39, 0.29) is 18.1 Å². The van der Waals surface area contributed by atoms with Crippen molar-refractivity contribution < 1.29 is 27.2 Å². The topological polar surface area (TPSA) is 122 Å². The number of carbonyl (C=O) groups is 1. The lowest BCUT2D eigenvalue weighted by Crippen LogP contribution is -2.13. The normalized spacial score (nSPS) is 11.3. The number of primary sulfonamides is 1. The van der Waals surface area contributed by atoms with E-state index < -0.39 is 16.0 Å². The van der Waals surface area contributed by atoms with Crippen molar-refractivity contribution in [3.8, 4) is 5.75 Å². The highest BCUT2D eigenvalue weighted by Gasteiger charge is 2.15. The van der Waals surface area contributed by atoms with Gasteiger partial charge in [0.05, 0.1) is 16.2 Å². The number of thioether (sulfide) groups is 1. The van der Waals surface area contributed by atoms with Crippen LogP contribution in [0.15, 0.2) is 62.8 Å². The van der Waals surface area contributed by atoms with Gasteiger partial charge in [0.25, 0.3) is 0 Å². The predicted octanol–water partition coefficient (Wildman–Crippen LogP) is 3.47. The number of esters is 1. The van der Waals surface area contributed by atoms with Crippen molar-refractivity contribution in [2.45, 2.75) is 29.4 Å². The fourth-order valence-corrected chi connectivity index (χ4v) is 4.43. The van der Waals surface area contributed by atoms with Crippen LogP contribution in [0.1, 0.15) is 27.4 Å². The second-order valence-electron chi connectivity index (χ2n) is 6.59. The molecule has 1 aromatic heterocycles. The van der Waals surface area contributed by atoms with Crippen molar-refractivity contribution in [2.24, 2.45) is 5.14 Å². The van der Waals surface area contributed by atoms with Crippen LogP contribution in [0.2, 0.25) is 0 Å². The van der Waals surface area contributed by atoms with Crippen molar-refractivity contribution in [3.63, 3.8) is 0 Å². The van der Waals surface area contributed by atoms with E-state index in [1.165, 1.54) is 36.0 Å². The maximum absolute atomic E-state index is 12.5. The van der Waals surface area contributed by atoms with E-state index in [0.717, 1.165) is 21.9 Å². The van der Waals surface area contributed by atoms with Gasteiger partial charge in [-0.3, -0.25) is 0 Å². The van der Waals surface area contributed by atoms with Crippen LogP contribution in [0.5, 0.6) is 5.75 Å². The Bertz CT molecular complexity index is 1140. The molecule has 2 N–H and O–H groups in total. The van der Waals surface area contributed by atoms with E-state index in [4.69, 9.17) is 19.1 Å². The van der Waals surface area contributed by atoms with Gasteiger partial charge in [0, 0.05) is 16.2 Å². The average Bonchev–Trinajstić information content (AvgIpc) is 3.07. The molecular weight excluding hydrogens is 440 g/mol. The van der Waals surface area contributed by atoms with Crippen LogP contribution in [-0.2, 0) is 20.5 Å². The van der Waals surface area contributed by atoms with Crippen molar-refractivity contribution in [1.29, 1.82) is 0 Å². The van der Waals surface area contributed by atoms with Gasteiger partial charge in [0.15, 0.2) is 0 Å². The Morgan fingerprint density at radius 3 is 2.45 bits per heavy atom. The number of aromatic nitrogens is 1. The first-order chi connectivity index (χ1) is 14.8. The molecule has 0 bridgehead atoms. The van der Waals surface area contributed by atoms with Gasteiger partial charge in [-0.1, -0.05) is 17.3 Å². The number of hydrogen-bond donors (Lipinski definition) is 1. The van der Waals surface area contributed by atoms with Gasteiger partial charge in [0.2, 0.25) is 10.0 Å². The smallest absolute Gasteiger partial charge is 0.339 e. The maximum atomic E-state index is 12.5. The van der Waals surface area contributed by atoms with Crippen LogP contribution in [0.3, 0.4) is 0 Å². The molecule has 10 heteroatoms. The zero-order valence-electron chi connectivity index (χ0n) is 17.0. The summed E-state index contributed by atoms with van der Waals surface area (Å²) in [5, 5.41) is 9.01. The summed E-state index contributed by atoms with van der Waals surface area (Å²) in [6.45, 7) is 3.90. The van der Waals surface area contributed by atoms with Gasteiger partial charge in [-0.2, -0.15) is 0 Å². The zero-order valence-corrected chi connectivity index (χ0v) is 18.7. The van der Waals surface area contributed by atoms with E-state index in [2.05, 4.69) is 5.16 Å².